The maximum absolute atomic E-state index is 10.3. The normalized spacial score (nSPS) is 21.3. The zero-order valence-corrected chi connectivity index (χ0v) is 12.3. The van der Waals surface area contributed by atoms with E-state index in [0.717, 1.165) is 37.4 Å². The summed E-state index contributed by atoms with van der Waals surface area (Å²) >= 11 is 0. The van der Waals surface area contributed by atoms with Crippen molar-refractivity contribution in [1.82, 2.24) is 15.0 Å². The number of likely N-dealkylation sites (tertiary alicyclic amines) is 1. The number of nitrogens with zero attached hydrogens (tertiary/aromatic N) is 3. The molecule has 0 amide bonds. The number of aliphatic hydroxyl groups excluding tert-OH is 1. The van der Waals surface area contributed by atoms with E-state index in [0.29, 0.717) is 12.4 Å². The number of β-amino-alcohol motifs (C(OH)–C–C–N with tert-alkyl or cyclic N) is 1. The van der Waals surface area contributed by atoms with Crippen molar-refractivity contribution >= 4 is 0 Å². The summed E-state index contributed by atoms with van der Waals surface area (Å²) in [5.41, 5.74) is 0.966. The van der Waals surface area contributed by atoms with Crippen LogP contribution in [0.5, 0.6) is 0 Å². The van der Waals surface area contributed by atoms with Gasteiger partial charge in [0.25, 0.3) is 0 Å². The highest BCUT2D eigenvalue weighted by Gasteiger charge is 2.26. The first-order valence-corrected chi connectivity index (χ1v) is 7.48. The van der Waals surface area contributed by atoms with Gasteiger partial charge in [-0.05, 0) is 31.9 Å². The molecule has 0 saturated carbocycles. The van der Waals surface area contributed by atoms with Crippen LogP contribution >= 0.6 is 0 Å². The number of aryl methyl sites for hydroxylation is 1. The Labute approximate surface area is 124 Å². The van der Waals surface area contributed by atoms with Crippen molar-refractivity contribution in [3.05, 3.63) is 47.6 Å². The highest BCUT2D eigenvalue weighted by Crippen LogP contribution is 2.27. The van der Waals surface area contributed by atoms with Crippen molar-refractivity contribution in [3.63, 3.8) is 0 Å². The molecule has 5 heteroatoms. The highest BCUT2D eigenvalue weighted by molar-refractivity contribution is 5.17. The third-order valence-corrected chi connectivity index (χ3v) is 4.01. The van der Waals surface area contributed by atoms with Crippen molar-refractivity contribution in [2.45, 2.75) is 31.8 Å². The predicted molar refractivity (Wildman–Crippen MR) is 78.9 cm³/mol. The number of aromatic nitrogens is 2. The molecule has 1 fully saturated rings. The van der Waals surface area contributed by atoms with Crippen LogP contribution in [-0.4, -0.2) is 39.8 Å². The summed E-state index contributed by atoms with van der Waals surface area (Å²) in [5, 5.41) is 14.2. The first kappa shape index (κ1) is 14.2. The molecule has 1 aliphatic rings. The molecule has 1 aromatic carbocycles. The monoisotopic (exact) mass is 287 g/mol. The average Bonchev–Trinajstić information content (AvgIpc) is 2.95. The molecule has 0 aliphatic carbocycles. The lowest BCUT2D eigenvalue weighted by Crippen LogP contribution is -2.37. The number of aliphatic hydroxyl groups is 1. The second kappa shape index (κ2) is 6.37. The summed E-state index contributed by atoms with van der Waals surface area (Å²) in [6.07, 6.45) is 1.71. The summed E-state index contributed by atoms with van der Waals surface area (Å²) in [7, 11) is 0. The zero-order chi connectivity index (χ0) is 14.7. The van der Waals surface area contributed by atoms with Crippen LogP contribution in [0.25, 0.3) is 0 Å². The lowest BCUT2D eigenvalue weighted by molar-refractivity contribution is 0.0910. The Bertz CT molecular complexity index is 570. The highest BCUT2D eigenvalue weighted by atomic mass is 16.5. The molecule has 1 aliphatic heterocycles. The van der Waals surface area contributed by atoms with E-state index in [4.69, 9.17) is 4.52 Å². The lowest BCUT2D eigenvalue weighted by Gasteiger charge is -2.32. The maximum atomic E-state index is 10.3. The quantitative estimate of drug-likeness (QED) is 0.935. The van der Waals surface area contributed by atoms with Crippen LogP contribution < -0.4 is 0 Å². The van der Waals surface area contributed by atoms with E-state index in [-0.39, 0.29) is 5.92 Å². The van der Waals surface area contributed by atoms with Crippen molar-refractivity contribution in [1.29, 1.82) is 0 Å². The minimum Gasteiger partial charge on any atom is -0.387 e. The van der Waals surface area contributed by atoms with Gasteiger partial charge in [-0.3, -0.25) is 4.90 Å². The molecule has 1 saturated heterocycles. The minimum absolute atomic E-state index is 0.280. The Morgan fingerprint density at radius 2 is 2.19 bits per heavy atom. The molecule has 5 nitrogen and oxygen atoms in total. The minimum atomic E-state index is -0.450. The van der Waals surface area contributed by atoms with Crippen molar-refractivity contribution in [2.75, 3.05) is 19.6 Å². The summed E-state index contributed by atoms with van der Waals surface area (Å²) < 4.78 is 5.29. The van der Waals surface area contributed by atoms with Crippen LogP contribution in [-0.2, 0) is 0 Å². The van der Waals surface area contributed by atoms with Gasteiger partial charge < -0.3 is 9.63 Å². The standard InChI is InChI=1S/C16H21N3O2/c1-12-17-16(21-18-12)14-8-5-9-19(10-14)11-15(20)13-6-3-2-4-7-13/h2-4,6-7,14-15,20H,5,8-11H2,1H3. The molecule has 0 bridgehead atoms. The van der Waals surface area contributed by atoms with Crippen LogP contribution in [0.2, 0.25) is 0 Å². The number of benzene rings is 1. The van der Waals surface area contributed by atoms with Gasteiger partial charge in [0.2, 0.25) is 5.89 Å². The van der Waals surface area contributed by atoms with Gasteiger partial charge in [0, 0.05) is 13.1 Å². The van der Waals surface area contributed by atoms with Gasteiger partial charge >= 0.3 is 0 Å². The molecule has 0 spiro atoms. The van der Waals surface area contributed by atoms with Crippen molar-refractivity contribution in [3.8, 4) is 0 Å². The Balaban J connectivity index is 1.61. The number of rotatable bonds is 4. The third kappa shape index (κ3) is 3.49. The molecule has 21 heavy (non-hydrogen) atoms. The van der Waals surface area contributed by atoms with E-state index in [9.17, 15) is 5.11 Å². The smallest absolute Gasteiger partial charge is 0.231 e. The predicted octanol–water partition coefficient (Wildman–Crippen LogP) is 2.29. The van der Waals surface area contributed by atoms with E-state index < -0.39 is 6.10 Å². The summed E-state index contributed by atoms with van der Waals surface area (Å²) in [6.45, 7) is 4.36. The fourth-order valence-electron chi connectivity index (χ4n) is 2.93. The third-order valence-electron chi connectivity index (χ3n) is 4.01. The Morgan fingerprint density at radius 3 is 2.90 bits per heavy atom. The molecule has 1 aromatic heterocycles. The van der Waals surface area contributed by atoms with Gasteiger partial charge in [-0.25, -0.2) is 0 Å². The van der Waals surface area contributed by atoms with Crippen LogP contribution in [0.15, 0.2) is 34.9 Å². The maximum Gasteiger partial charge on any atom is 0.231 e. The average molecular weight is 287 g/mol. The van der Waals surface area contributed by atoms with Crippen LogP contribution in [0, 0.1) is 6.92 Å². The Hall–Kier alpha value is -1.72. The van der Waals surface area contributed by atoms with Gasteiger partial charge in [0.05, 0.1) is 12.0 Å². The molecular formula is C16H21N3O2. The van der Waals surface area contributed by atoms with Crippen molar-refractivity contribution in [2.24, 2.45) is 0 Å². The fraction of sp³-hybridized carbons (Fsp3) is 0.500. The lowest BCUT2D eigenvalue weighted by atomic mass is 9.97. The molecule has 3 rings (SSSR count). The second-order valence-corrected chi connectivity index (χ2v) is 5.71. The molecule has 2 heterocycles. The van der Waals surface area contributed by atoms with Crippen LogP contribution in [0.1, 0.15) is 42.1 Å². The molecule has 112 valence electrons. The van der Waals surface area contributed by atoms with Gasteiger partial charge in [0.15, 0.2) is 5.82 Å². The van der Waals surface area contributed by atoms with Crippen molar-refractivity contribution < 1.29 is 9.63 Å². The van der Waals surface area contributed by atoms with E-state index in [1.807, 2.05) is 37.3 Å². The number of hydrogen-bond acceptors (Lipinski definition) is 5. The molecule has 1 N–H and O–H groups in total. The SMILES string of the molecule is Cc1noc(C2CCCN(CC(O)c3ccccc3)C2)n1. The van der Waals surface area contributed by atoms with Crippen LogP contribution in [0.3, 0.4) is 0 Å². The number of hydrogen-bond donors (Lipinski definition) is 1. The van der Waals surface area contributed by atoms with E-state index in [2.05, 4.69) is 15.0 Å². The molecule has 2 atom stereocenters. The Kier molecular flexibility index (Phi) is 4.31. The van der Waals surface area contributed by atoms with Crippen LogP contribution in [0.4, 0.5) is 0 Å². The molecule has 2 unspecified atom stereocenters. The van der Waals surface area contributed by atoms with Gasteiger partial charge in [-0.15, -0.1) is 0 Å². The Morgan fingerprint density at radius 1 is 1.38 bits per heavy atom. The van der Waals surface area contributed by atoms with Gasteiger partial charge in [-0.2, -0.15) is 4.98 Å². The number of piperidine rings is 1. The topological polar surface area (TPSA) is 62.4 Å². The summed E-state index contributed by atoms with van der Waals surface area (Å²) in [4.78, 5) is 6.62. The summed E-state index contributed by atoms with van der Waals surface area (Å²) in [6, 6.07) is 9.81. The second-order valence-electron chi connectivity index (χ2n) is 5.71. The molecule has 0 radical (unpaired) electrons. The zero-order valence-electron chi connectivity index (χ0n) is 12.3. The van der Waals surface area contributed by atoms with E-state index in [1.54, 1.807) is 0 Å². The van der Waals surface area contributed by atoms with Gasteiger partial charge in [0.1, 0.15) is 0 Å². The largest absolute Gasteiger partial charge is 0.387 e. The molecule has 2 aromatic rings. The fourth-order valence-corrected chi connectivity index (χ4v) is 2.93. The molecular weight excluding hydrogens is 266 g/mol. The van der Waals surface area contributed by atoms with E-state index in [1.165, 1.54) is 0 Å². The summed E-state index contributed by atoms with van der Waals surface area (Å²) in [5.74, 6) is 1.70. The van der Waals surface area contributed by atoms with E-state index >= 15 is 0 Å². The first-order chi connectivity index (χ1) is 10.2. The first-order valence-electron chi connectivity index (χ1n) is 7.48. The van der Waals surface area contributed by atoms with Gasteiger partial charge in [-0.1, -0.05) is 35.5 Å².